The maximum atomic E-state index is 13.8. The van der Waals surface area contributed by atoms with Gasteiger partial charge in [-0.25, -0.2) is 27.3 Å². The predicted molar refractivity (Wildman–Crippen MR) is 136 cm³/mol. The van der Waals surface area contributed by atoms with Gasteiger partial charge in [0.05, 0.1) is 27.0 Å². The predicted octanol–water partition coefficient (Wildman–Crippen LogP) is 3.41. The molecule has 3 aromatic heterocycles. The molecule has 6 aromatic rings. The van der Waals surface area contributed by atoms with Crippen LogP contribution < -0.4 is 10.4 Å². The molecule has 3 heterocycles. The van der Waals surface area contributed by atoms with Gasteiger partial charge in [0.25, 0.3) is 0 Å². The molecule has 3 aromatic carbocycles. The molecule has 0 aliphatic rings. The van der Waals surface area contributed by atoms with Crippen LogP contribution in [0.5, 0.6) is 0 Å². The molecular formula is C25H21FN6O3S. The number of hydrogen-bond donors (Lipinski definition) is 2. The second-order valence-corrected chi connectivity index (χ2v) is 10.5. The summed E-state index contributed by atoms with van der Waals surface area (Å²) in [6.07, 6.45) is 1.75. The summed E-state index contributed by atoms with van der Waals surface area (Å²) in [4.78, 5) is 20.5. The lowest BCUT2D eigenvalue weighted by atomic mass is 10.1. The van der Waals surface area contributed by atoms with Crippen LogP contribution in [0.2, 0.25) is 0 Å². The van der Waals surface area contributed by atoms with Crippen LogP contribution in [-0.4, -0.2) is 39.1 Å². The van der Waals surface area contributed by atoms with Crippen LogP contribution in [0.25, 0.3) is 50.0 Å². The highest BCUT2D eigenvalue weighted by molar-refractivity contribution is 7.89. The minimum absolute atomic E-state index is 0.0967. The Labute approximate surface area is 204 Å². The summed E-state index contributed by atoms with van der Waals surface area (Å²) in [5.74, 6) is 0.184. The third-order valence-corrected chi connectivity index (χ3v) is 8.02. The first-order valence-electron chi connectivity index (χ1n) is 11.1. The van der Waals surface area contributed by atoms with Gasteiger partial charge in [-0.2, -0.15) is 0 Å². The summed E-state index contributed by atoms with van der Waals surface area (Å²) in [5, 5.41) is 0.768. The Morgan fingerprint density at radius 2 is 1.72 bits per heavy atom. The highest BCUT2D eigenvalue weighted by Gasteiger charge is 2.21. The molecule has 0 amide bonds. The van der Waals surface area contributed by atoms with Crippen molar-refractivity contribution in [3.8, 4) is 17.1 Å². The highest BCUT2D eigenvalue weighted by Crippen LogP contribution is 2.35. The van der Waals surface area contributed by atoms with Gasteiger partial charge in [-0.15, -0.1) is 0 Å². The largest absolute Gasteiger partial charge is 0.360 e. The standard InChI is InChI=1S/C25H21FN6O3S/c1-27-36(34,35)16-6-8-19-22(12-16)32(15-5-9-21-23(11-15)31(3)25(33)30(21)2)24(29-19)18-13-28-20-10-14(26)4-7-17(18)20/h4-13,27-28H,1-3H3. The normalized spacial score (nSPS) is 12.3. The summed E-state index contributed by atoms with van der Waals surface area (Å²) < 4.78 is 46.3. The van der Waals surface area contributed by atoms with Gasteiger partial charge in [0, 0.05) is 42.4 Å². The molecule has 9 nitrogen and oxygen atoms in total. The minimum atomic E-state index is -3.70. The van der Waals surface area contributed by atoms with Crippen molar-refractivity contribution in [3.63, 3.8) is 0 Å². The summed E-state index contributed by atoms with van der Waals surface area (Å²) in [7, 11) is 1.07. The van der Waals surface area contributed by atoms with Crippen LogP contribution in [0.15, 0.2) is 70.5 Å². The zero-order valence-electron chi connectivity index (χ0n) is 19.6. The second kappa shape index (κ2) is 7.64. The fourth-order valence-electron chi connectivity index (χ4n) is 4.70. The van der Waals surface area contributed by atoms with Crippen molar-refractivity contribution >= 4 is 43.0 Å². The average molecular weight is 505 g/mol. The average Bonchev–Trinajstić information content (AvgIpc) is 3.52. The molecule has 0 aliphatic carbocycles. The summed E-state index contributed by atoms with van der Waals surface area (Å²) in [5.41, 5.74) is 4.50. The molecule has 0 saturated heterocycles. The number of aryl methyl sites for hydroxylation is 2. The number of nitrogens with one attached hydrogen (secondary N) is 2. The van der Waals surface area contributed by atoms with Crippen molar-refractivity contribution in [3.05, 3.63) is 77.1 Å². The number of benzene rings is 3. The number of nitrogens with zero attached hydrogens (tertiary/aromatic N) is 4. The van der Waals surface area contributed by atoms with Crippen LogP contribution in [-0.2, 0) is 24.1 Å². The number of halogens is 1. The maximum absolute atomic E-state index is 13.8. The van der Waals surface area contributed by atoms with Crippen molar-refractivity contribution in [2.75, 3.05) is 7.05 Å². The number of aromatic nitrogens is 5. The Kier molecular flexibility index (Phi) is 4.72. The third-order valence-electron chi connectivity index (χ3n) is 6.60. The van der Waals surface area contributed by atoms with E-state index in [2.05, 4.69) is 9.71 Å². The molecule has 0 atom stereocenters. The number of imidazole rings is 2. The van der Waals surface area contributed by atoms with Gasteiger partial charge in [0.1, 0.15) is 11.6 Å². The van der Waals surface area contributed by atoms with E-state index in [1.54, 1.807) is 47.6 Å². The van der Waals surface area contributed by atoms with E-state index in [9.17, 15) is 17.6 Å². The number of aromatic amines is 1. The smallest absolute Gasteiger partial charge is 0.328 e. The molecule has 0 spiro atoms. The summed E-state index contributed by atoms with van der Waals surface area (Å²) >= 11 is 0. The van der Waals surface area contributed by atoms with E-state index in [-0.39, 0.29) is 16.4 Å². The number of rotatable bonds is 4. The first-order chi connectivity index (χ1) is 17.2. The molecule has 11 heteroatoms. The lowest BCUT2D eigenvalue weighted by molar-refractivity contribution is 0.588. The SMILES string of the molecule is CNS(=O)(=O)c1ccc2nc(-c3c[nH]c4cc(F)ccc34)n(-c3ccc4c(c3)n(C)c(=O)n4C)c2c1. The molecule has 2 N–H and O–H groups in total. The van der Waals surface area contributed by atoms with E-state index >= 15 is 0 Å². The second-order valence-electron chi connectivity index (χ2n) is 8.59. The van der Waals surface area contributed by atoms with E-state index in [0.29, 0.717) is 33.6 Å². The molecule has 0 radical (unpaired) electrons. The quantitative estimate of drug-likeness (QED) is 0.384. The fraction of sp³-hybridized carbons (Fsp3) is 0.120. The number of fused-ring (bicyclic) bond motifs is 3. The highest BCUT2D eigenvalue weighted by atomic mass is 32.2. The van der Waals surface area contributed by atoms with Gasteiger partial charge >= 0.3 is 5.69 Å². The van der Waals surface area contributed by atoms with Crippen molar-refractivity contribution in [1.82, 2.24) is 28.4 Å². The van der Waals surface area contributed by atoms with Crippen LogP contribution >= 0.6 is 0 Å². The Hall–Kier alpha value is -4.22. The molecule has 0 fully saturated rings. The van der Waals surface area contributed by atoms with Crippen molar-refractivity contribution in [2.45, 2.75) is 4.90 Å². The Balaban J connectivity index is 1.72. The lowest BCUT2D eigenvalue weighted by Crippen LogP contribution is -2.19. The van der Waals surface area contributed by atoms with Crippen molar-refractivity contribution < 1.29 is 12.8 Å². The minimum Gasteiger partial charge on any atom is -0.360 e. The van der Waals surface area contributed by atoms with Crippen molar-refractivity contribution in [1.29, 1.82) is 0 Å². The molecule has 182 valence electrons. The van der Waals surface area contributed by atoms with E-state index < -0.39 is 10.0 Å². The first kappa shape index (κ1) is 22.3. The molecule has 36 heavy (non-hydrogen) atoms. The van der Waals surface area contributed by atoms with Gasteiger partial charge < -0.3 is 4.98 Å². The molecule has 0 aliphatic heterocycles. The molecule has 6 rings (SSSR count). The molecule has 0 saturated carbocycles. The first-order valence-corrected chi connectivity index (χ1v) is 12.6. The maximum Gasteiger partial charge on any atom is 0.328 e. The molecule has 0 unspecified atom stereocenters. The van der Waals surface area contributed by atoms with E-state index in [0.717, 1.165) is 16.5 Å². The lowest BCUT2D eigenvalue weighted by Gasteiger charge is -2.11. The van der Waals surface area contributed by atoms with Crippen LogP contribution in [0.1, 0.15) is 0 Å². The number of sulfonamides is 1. The Morgan fingerprint density at radius 3 is 2.50 bits per heavy atom. The van der Waals surface area contributed by atoms with E-state index in [1.807, 2.05) is 22.8 Å². The summed E-state index contributed by atoms with van der Waals surface area (Å²) in [6.45, 7) is 0. The Bertz CT molecular complexity index is 2010. The summed E-state index contributed by atoms with van der Waals surface area (Å²) in [6, 6.07) is 14.8. The molecule has 0 bridgehead atoms. The third kappa shape index (κ3) is 3.13. The number of hydrogen-bond acceptors (Lipinski definition) is 4. The zero-order valence-corrected chi connectivity index (χ0v) is 20.4. The zero-order chi connectivity index (χ0) is 25.4. The van der Waals surface area contributed by atoms with E-state index in [1.165, 1.54) is 25.2 Å². The van der Waals surface area contributed by atoms with Crippen molar-refractivity contribution in [2.24, 2.45) is 14.1 Å². The van der Waals surface area contributed by atoms with Gasteiger partial charge in [0.2, 0.25) is 10.0 Å². The van der Waals surface area contributed by atoms with Gasteiger partial charge in [0.15, 0.2) is 0 Å². The topological polar surface area (TPSA) is 107 Å². The Morgan fingerprint density at radius 1 is 0.944 bits per heavy atom. The van der Waals surface area contributed by atoms with Gasteiger partial charge in [-0.05, 0) is 61.6 Å². The van der Waals surface area contributed by atoms with E-state index in [4.69, 9.17) is 4.98 Å². The van der Waals surface area contributed by atoms with Gasteiger partial charge in [-0.1, -0.05) is 0 Å². The van der Waals surface area contributed by atoms with Gasteiger partial charge in [-0.3, -0.25) is 13.7 Å². The fourth-order valence-corrected chi connectivity index (χ4v) is 5.45. The monoisotopic (exact) mass is 504 g/mol. The van der Waals surface area contributed by atoms with Crippen LogP contribution in [0.4, 0.5) is 4.39 Å². The molecular weight excluding hydrogens is 483 g/mol. The van der Waals surface area contributed by atoms with Crippen LogP contribution in [0, 0.1) is 5.82 Å². The number of H-pyrrole nitrogens is 1. The van der Waals surface area contributed by atoms with Crippen LogP contribution in [0.3, 0.4) is 0 Å².